The van der Waals surface area contributed by atoms with E-state index in [-0.39, 0.29) is 54.1 Å². The maximum atomic E-state index is 12.8. The second kappa shape index (κ2) is 5.37. The maximum absolute atomic E-state index is 12.8. The summed E-state index contributed by atoms with van der Waals surface area (Å²) in [6.45, 7) is 1.53. The Kier molecular flexibility index (Phi) is 3.75. The highest BCUT2D eigenvalue weighted by atomic mass is 35.5. The number of fused-ring (bicyclic) bond motifs is 2. The van der Waals surface area contributed by atoms with Crippen molar-refractivity contribution in [3.63, 3.8) is 0 Å². The summed E-state index contributed by atoms with van der Waals surface area (Å²) in [5, 5.41) is 19.7. The molecule has 8 heteroatoms. The first-order chi connectivity index (χ1) is 10.8. The minimum absolute atomic E-state index is 0.00228. The molecule has 5 nitrogen and oxygen atoms in total. The van der Waals surface area contributed by atoms with Gasteiger partial charge >= 0.3 is 0 Å². The zero-order chi connectivity index (χ0) is 17.0. The van der Waals surface area contributed by atoms with E-state index < -0.39 is 11.2 Å². The van der Waals surface area contributed by atoms with Crippen molar-refractivity contribution >= 4 is 56.7 Å². The maximum Gasteiger partial charge on any atom is 0.204 e. The monoisotopic (exact) mass is 374 g/mol. The number of hydrogen-bond donors (Lipinski definition) is 2. The molecule has 2 aromatic carbocycles. The third-order valence-corrected chi connectivity index (χ3v) is 4.76. The van der Waals surface area contributed by atoms with Gasteiger partial charge in [-0.05, 0) is 12.5 Å². The molecule has 3 rings (SSSR count). The van der Waals surface area contributed by atoms with Crippen LogP contribution in [0.2, 0.25) is 15.1 Å². The van der Waals surface area contributed by atoms with Gasteiger partial charge in [-0.1, -0.05) is 34.8 Å². The summed E-state index contributed by atoms with van der Waals surface area (Å²) in [7, 11) is 1.36. The Labute approximate surface area is 144 Å². The van der Waals surface area contributed by atoms with E-state index in [2.05, 4.69) is 0 Å². The molecule has 0 saturated carbocycles. The molecule has 0 saturated heterocycles. The van der Waals surface area contributed by atoms with Crippen LogP contribution in [0, 0.1) is 6.92 Å². The number of halogens is 3. The molecule has 1 heterocycles. The van der Waals surface area contributed by atoms with Gasteiger partial charge in [-0.25, -0.2) is 0 Å². The fraction of sp³-hybridized carbons (Fsp3) is 0.133. The molecule has 120 valence electrons. The molecule has 0 spiro atoms. The molecule has 0 bridgehead atoms. The first kappa shape index (κ1) is 16.1. The summed E-state index contributed by atoms with van der Waals surface area (Å²) in [4.78, 5) is 12.8. The molecule has 3 aromatic rings. The molecule has 0 amide bonds. The van der Waals surface area contributed by atoms with Crippen molar-refractivity contribution in [3.8, 4) is 17.2 Å². The van der Waals surface area contributed by atoms with Gasteiger partial charge in [-0.2, -0.15) is 0 Å². The second-order valence-corrected chi connectivity index (χ2v) is 5.99. The van der Waals surface area contributed by atoms with Crippen LogP contribution in [0.5, 0.6) is 17.2 Å². The highest BCUT2D eigenvalue weighted by molar-refractivity contribution is 6.41. The Morgan fingerprint density at radius 1 is 1.04 bits per heavy atom. The number of methoxy groups -OCH3 is 1. The highest BCUT2D eigenvalue weighted by Crippen LogP contribution is 2.44. The van der Waals surface area contributed by atoms with Crippen LogP contribution in [-0.4, -0.2) is 17.3 Å². The van der Waals surface area contributed by atoms with Crippen LogP contribution in [0.1, 0.15) is 5.56 Å². The van der Waals surface area contributed by atoms with Crippen molar-refractivity contribution in [2.75, 3.05) is 7.11 Å². The van der Waals surface area contributed by atoms with Gasteiger partial charge < -0.3 is 19.4 Å². The van der Waals surface area contributed by atoms with Crippen LogP contribution in [-0.2, 0) is 0 Å². The lowest BCUT2D eigenvalue weighted by molar-refractivity contribution is 0.408. The van der Waals surface area contributed by atoms with Crippen LogP contribution < -0.4 is 10.2 Å². The predicted octanol–water partition coefficient (Wildman–Crippen LogP) is 4.63. The zero-order valence-corrected chi connectivity index (χ0v) is 14.1. The third-order valence-electron chi connectivity index (χ3n) is 3.59. The number of phenols is 2. The van der Waals surface area contributed by atoms with Gasteiger partial charge in [0.2, 0.25) is 5.43 Å². The van der Waals surface area contributed by atoms with E-state index in [4.69, 9.17) is 44.0 Å². The second-order valence-electron chi connectivity index (χ2n) is 4.85. The summed E-state index contributed by atoms with van der Waals surface area (Å²) in [6, 6.07) is 1.21. The van der Waals surface area contributed by atoms with Crippen molar-refractivity contribution in [2.24, 2.45) is 0 Å². The number of aromatic hydroxyl groups is 2. The van der Waals surface area contributed by atoms with E-state index in [1.165, 1.54) is 20.1 Å². The molecule has 0 aliphatic heterocycles. The Bertz CT molecular complexity index is 1040. The Hall–Kier alpha value is -1.82. The van der Waals surface area contributed by atoms with E-state index in [0.29, 0.717) is 0 Å². The smallest absolute Gasteiger partial charge is 0.204 e. The first-order valence-electron chi connectivity index (χ1n) is 6.32. The van der Waals surface area contributed by atoms with E-state index >= 15 is 0 Å². The van der Waals surface area contributed by atoms with Gasteiger partial charge in [0.25, 0.3) is 0 Å². The predicted molar refractivity (Wildman–Crippen MR) is 89.6 cm³/mol. The minimum atomic E-state index is -0.565. The molecule has 0 atom stereocenters. The van der Waals surface area contributed by atoms with E-state index in [0.717, 1.165) is 0 Å². The lowest BCUT2D eigenvalue weighted by atomic mass is 10.1. The number of benzene rings is 2. The molecular weight excluding hydrogens is 367 g/mol. The molecule has 0 radical (unpaired) electrons. The first-order valence-corrected chi connectivity index (χ1v) is 7.45. The van der Waals surface area contributed by atoms with Gasteiger partial charge in [0.1, 0.15) is 26.9 Å². The Balaban J connectivity index is 2.70. The Morgan fingerprint density at radius 2 is 1.65 bits per heavy atom. The van der Waals surface area contributed by atoms with Crippen LogP contribution in [0.15, 0.2) is 15.3 Å². The molecule has 2 N–H and O–H groups in total. The number of aryl methyl sites for hydroxylation is 1. The lowest BCUT2D eigenvalue weighted by Crippen LogP contribution is -2.06. The highest BCUT2D eigenvalue weighted by Gasteiger charge is 2.24. The van der Waals surface area contributed by atoms with Gasteiger partial charge in [-0.15, -0.1) is 0 Å². The largest absolute Gasteiger partial charge is 0.507 e. The average Bonchev–Trinajstić information content (AvgIpc) is 2.53. The number of hydrogen-bond acceptors (Lipinski definition) is 5. The van der Waals surface area contributed by atoms with E-state index in [9.17, 15) is 15.0 Å². The summed E-state index contributed by atoms with van der Waals surface area (Å²) in [5.74, 6) is -0.620. The molecule has 23 heavy (non-hydrogen) atoms. The van der Waals surface area contributed by atoms with E-state index in [1.54, 1.807) is 0 Å². The zero-order valence-electron chi connectivity index (χ0n) is 11.8. The average molecular weight is 376 g/mol. The molecule has 0 fully saturated rings. The van der Waals surface area contributed by atoms with Crippen molar-refractivity contribution in [1.29, 1.82) is 0 Å². The van der Waals surface area contributed by atoms with Gasteiger partial charge in [-0.3, -0.25) is 4.79 Å². The van der Waals surface area contributed by atoms with Crippen molar-refractivity contribution in [3.05, 3.63) is 36.9 Å². The SMILES string of the molecule is COc1cc(O)c2c(=O)c3c(C)c(Cl)c(O)c(Cl)c3oc2c1Cl. The third kappa shape index (κ3) is 2.11. The van der Waals surface area contributed by atoms with Crippen molar-refractivity contribution < 1.29 is 19.4 Å². The molecule has 0 unspecified atom stereocenters. The van der Waals surface area contributed by atoms with Gasteiger partial charge in [0, 0.05) is 6.07 Å². The summed E-state index contributed by atoms with van der Waals surface area (Å²) in [6.07, 6.45) is 0. The minimum Gasteiger partial charge on any atom is -0.507 e. The number of ether oxygens (including phenoxy) is 1. The summed E-state index contributed by atoms with van der Waals surface area (Å²) in [5.41, 5.74) is -0.447. The van der Waals surface area contributed by atoms with Crippen LogP contribution >= 0.6 is 34.8 Å². The number of rotatable bonds is 1. The molecular formula is C15H9Cl3O5. The molecule has 0 aliphatic carbocycles. The summed E-state index contributed by atoms with van der Waals surface area (Å²) >= 11 is 18.2. The molecule has 1 aromatic heterocycles. The van der Waals surface area contributed by atoms with Crippen molar-refractivity contribution in [2.45, 2.75) is 6.92 Å². The van der Waals surface area contributed by atoms with Gasteiger partial charge in [0.15, 0.2) is 16.9 Å². The van der Waals surface area contributed by atoms with Gasteiger partial charge in [0.05, 0.1) is 17.5 Å². The quantitative estimate of drug-likeness (QED) is 0.606. The topological polar surface area (TPSA) is 79.9 Å². The molecule has 0 aliphatic rings. The fourth-order valence-electron chi connectivity index (χ4n) is 2.43. The Morgan fingerprint density at radius 3 is 2.26 bits per heavy atom. The standard InChI is InChI=1S/C15H9Cl3O5/c1-4-7-12(20)8-5(19)3-6(22-2)10(17)15(8)23-14(7)11(18)13(21)9(4)16/h3,19,21H,1-2H3. The number of phenolic OH excluding ortho intramolecular Hbond substituents is 2. The summed E-state index contributed by atoms with van der Waals surface area (Å²) < 4.78 is 10.6. The normalized spacial score (nSPS) is 11.3. The lowest BCUT2D eigenvalue weighted by Gasteiger charge is -2.12. The fourth-order valence-corrected chi connectivity index (χ4v) is 3.16. The van der Waals surface area contributed by atoms with Crippen LogP contribution in [0.3, 0.4) is 0 Å². The van der Waals surface area contributed by atoms with Crippen molar-refractivity contribution in [1.82, 2.24) is 0 Å². The van der Waals surface area contributed by atoms with Crippen LogP contribution in [0.4, 0.5) is 0 Å². The van der Waals surface area contributed by atoms with E-state index in [1.807, 2.05) is 0 Å². The van der Waals surface area contributed by atoms with Crippen LogP contribution in [0.25, 0.3) is 21.9 Å².